The lowest BCUT2D eigenvalue weighted by Gasteiger charge is -2.73. The molecular weight excluding hydrogens is 396 g/mol. The molecule has 10 atom stereocenters. The third-order valence-electron chi connectivity index (χ3n) is 14.5. The summed E-state index contributed by atoms with van der Waals surface area (Å²) < 4.78 is 0. The van der Waals surface area contributed by atoms with E-state index in [-0.39, 0.29) is 0 Å². The normalized spacial score (nSPS) is 54.0. The molecule has 0 N–H and O–H groups in total. The fourth-order valence-electron chi connectivity index (χ4n) is 12.8. The highest BCUT2D eigenvalue weighted by atomic mass is 14.7. The van der Waals surface area contributed by atoms with Crippen molar-refractivity contribution in [3.63, 3.8) is 0 Å². The third kappa shape index (κ3) is 3.26. The van der Waals surface area contributed by atoms with Gasteiger partial charge in [0.25, 0.3) is 0 Å². The maximum atomic E-state index is 2.83. The van der Waals surface area contributed by atoms with Crippen LogP contribution in [0.15, 0.2) is 0 Å². The van der Waals surface area contributed by atoms with Gasteiger partial charge >= 0.3 is 0 Å². The van der Waals surface area contributed by atoms with E-state index >= 15 is 0 Å². The fourth-order valence-corrected chi connectivity index (χ4v) is 12.8. The van der Waals surface area contributed by atoms with E-state index in [1.165, 1.54) is 77.0 Å². The summed E-state index contributed by atoms with van der Waals surface area (Å²) in [5.74, 6) is 5.88. The van der Waals surface area contributed by atoms with Gasteiger partial charge in [0, 0.05) is 0 Å². The quantitative estimate of drug-likeness (QED) is 0.396. The van der Waals surface area contributed by atoms with E-state index in [0.717, 1.165) is 35.5 Å². The highest BCUT2D eigenvalue weighted by Crippen LogP contribution is 2.78. The Morgan fingerprint density at radius 1 is 0.667 bits per heavy atom. The molecule has 0 nitrogen and oxygen atoms in total. The molecular formula is C33H58. The Bertz CT molecular complexity index is 734. The van der Waals surface area contributed by atoms with Gasteiger partial charge in [0.1, 0.15) is 0 Å². The molecule has 0 heterocycles. The minimum atomic E-state index is 0.559. The zero-order valence-corrected chi connectivity index (χ0v) is 23.9. The Kier molecular flexibility index (Phi) is 5.98. The standard InChI is InChI=1S/C33H58/c1-9-10-12-23(2)24-15-20-30(5)25(24)16-21-32(7)27(30)13-14-28-31(6)19-11-18-29(3,4)26(31)17-22-33(28,32)8/h23-28H,9-22H2,1-8H3/t23?,24-,25-,26+,27-,28-,30+,31+,32-,33-/m1/s1. The van der Waals surface area contributed by atoms with Crippen molar-refractivity contribution >= 4 is 0 Å². The van der Waals surface area contributed by atoms with Crippen LogP contribution in [0.5, 0.6) is 0 Å². The van der Waals surface area contributed by atoms with Crippen LogP contribution in [-0.4, -0.2) is 0 Å². The first kappa shape index (κ1) is 24.7. The van der Waals surface area contributed by atoms with Crippen LogP contribution in [-0.2, 0) is 0 Å². The molecule has 1 unspecified atom stereocenters. The van der Waals surface area contributed by atoms with Gasteiger partial charge in [-0.2, -0.15) is 0 Å². The Morgan fingerprint density at radius 3 is 1.97 bits per heavy atom. The summed E-state index contributed by atoms with van der Waals surface area (Å²) in [6, 6.07) is 0. The number of unbranched alkanes of at least 4 members (excludes halogenated alkanes) is 1. The summed E-state index contributed by atoms with van der Waals surface area (Å²) in [6.45, 7) is 21.5. The summed E-state index contributed by atoms with van der Waals surface area (Å²) in [5.41, 5.74) is 2.90. The van der Waals surface area contributed by atoms with Gasteiger partial charge in [-0.15, -0.1) is 0 Å². The summed E-state index contributed by atoms with van der Waals surface area (Å²) in [4.78, 5) is 0. The van der Waals surface area contributed by atoms with E-state index < -0.39 is 0 Å². The molecule has 33 heavy (non-hydrogen) atoms. The molecule has 0 radical (unpaired) electrons. The average Bonchev–Trinajstić information content (AvgIpc) is 3.09. The first-order chi connectivity index (χ1) is 15.4. The second kappa shape index (κ2) is 8.00. The zero-order valence-electron chi connectivity index (χ0n) is 23.9. The van der Waals surface area contributed by atoms with Crippen LogP contribution in [0.2, 0.25) is 0 Å². The fraction of sp³-hybridized carbons (Fsp3) is 1.00. The first-order valence-electron chi connectivity index (χ1n) is 15.4. The maximum Gasteiger partial charge on any atom is -0.0235 e. The molecule has 5 saturated carbocycles. The van der Waals surface area contributed by atoms with Crippen LogP contribution >= 0.6 is 0 Å². The summed E-state index contributed by atoms with van der Waals surface area (Å²) in [6.07, 6.45) is 21.0. The van der Waals surface area contributed by atoms with Crippen LogP contribution < -0.4 is 0 Å². The summed E-state index contributed by atoms with van der Waals surface area (Å²) in [5, 5.41) is 0. The second-order valence-corrected chi connectivity index (χ2v) is 15.9. The van der Waals surface area contributed by atoms with Crippen molar-refractivity contribution < 1.29 is 0 Å². The van der Waals surface area contributed by atoms with Gasteiger partial charge in [0.15, 0.2) is 0 Å². The molecule has 0 aromatic heterocycles. The minimum absolute atomic E-state index is 0.559. The lowest BCUT2D eigenvalue weighted by molar-refractivity contribution is -0.241. The number of hydrogen-bond acceptors (Lipinski definition) is 0. The molecule has 5 aliphatic rings. The van der Waals surface area contributed by atoms with Gasteiger partial charge in [-0.3, -0.25) is 0 Å². The van der Waals surface area contributed by atoms with Crippen molar-refractivity contribution in [1.82, 2.24) is 0 Å². The SMILES string of the molecule is CCCCC(C)[C@H]1CC[C@@]2(C)[C@@H]1CC[C@]1(C)[C@@H]2CC[C@@H]2[C@@]3(C)CCCC(C)(C)[C@@H]3CC[C@]21C. The smallest absolute Gasteiger partial charge is 0.0235 e. The number of fused-ring (bicyclic) bond motifs is 7. The van der Waals surface area contributed by atoms with E-state index in [1.54, 1.807) is 12.8 Å². The van der Waals surface area contributed by atoms with E-state index in [0.29, 0.717) is 27.1 Å². The van der Waals surface area contributed by atoms with Crippen LogP contribution in [0.25, 0.3) is 0 Å². The highest BCUT2D eigenvalue weighted by Gasteiger charge is 2.70. The molecule has 190 valence electrons. The Labute approximate surface area is 207 Å². The average molecular weight is 455 g/mol. The van der Waals surface area contributed by atoms with Crippen LogP contribution in [0, 0.1) is 62.6 Å². The molecule has 0 aliphatic heterocycles. The maximum absolute atomic E-state index is 2.83. The first-order valence-corrected chi connectivity index (χ1v) is 15.4. The van der Waals surface area contributed by atoms with Crippen molar-refractivity contribution in [3.05, 3.63) is 0 Å². The Balaban J connectivity index is 1.45. The van der Waals surface area contributed by atoms with Gasteiger partial charge in [0.2, 0.25) is 0 Å². The lowest BCUT2D eigenvalue weighted by Crippen LogP contribution is -2.65. The second-order valence-electron chi connectivity index (χ2n) is 15.9. The Morgan fingerprint density at radius 2 is 1.30 bits per heavy atom. The van der Waals surface area contributed by atoms with E-state index in [4.69, 9.17) is 0 Å². The predicted molar refractivity (Wildman–Crippen MR) is 143 cm³/mol. The van der Waals surface area contributed by atoms with Gasteiger partial charge in [-0.1, -0.05) is 81.1 Å². The molecule has 5 fully saturated rings. The largest absolute Gasteiger partial charge is 0.0654 e. The molecule has 0 saturated heterocycles. The van der Waals surface area contributed by atoms with Crippen LogP contribution in [0.4, 0.5) is 0 Å². The monoisotopic (exact) mass is 454 g/mol. The van der Waals surface area contributed by atoms with Crippen molar-refractivity contribution in [2.75, 3.05) is 0 Å². The van der Waals surface area contributed by atoms with Gasteiger partial charge in [-0.25, -0.2) is 0 Å². The van der Waals surface area contributed by atoms with Crippen LogP contribution in [0.1, 0.15) is 145 Å². The van der Waals surface area contributed by atoms with Gasteiger partial charge in [0.05, 0.1) is 0 Å². The highest BCUT2D eigenvalue weighted by molar-refractivity contribution is 5.19. The van der Waals surface area contributed by atoms with E-state index in [2.05, 4.69) is 55.4 Å². The molecule has 5 rings (SSSR count). The van der Waals surface area contributed by atoms with Crippen LogP contribution in [0.3, 0.4) is 0 Å². The van der Waals surface area contributed by atoms with Crippen molar-refractivity contribution in [1.29, 1.82) is 0 Å². The van der Waals surface area contributed by atoms with Crippen molar-refractivity contribution in [3.8, 4) is 0 Å². The zero-order chi connectivity index (χ0) is 23.9. The molecule has 5 aliphatic carbocycles. The topological polar surface area (TPSA) is 0 Å². The summed E-state index contributed by atoms with van der Waals surface area (Å²) in [7, 11) is 0. The molecule has 0 aromatic carbocycles. The summed E-state index contributed by atoms with van der Waals surface area (Å²) >= 11 is 0. The molecule has 0 bridgehead atoms. The number of hydrogen-bond donors (Lipinski definition) is 0. The molecule has 0 heteroatoms. The van der Waals surface area contributed by atoms with Gasteiger partial charge < -0.3 is 0 Å². The third-order valence-corrected chi connectivity index (χ3v) is 14.5. The minimum Gasteiger partial charge on any atom is -0.0654 e. The van der Waals surface area contributed by atoms with E-state index in [9.17, 15) is 0 Å². The molecule has 0 spiro atoms. The molecule has 0 aromatic rings. The van der Waals surface area contributed by atoms with Crippen molar-refractivity contribution in [2.45, 2.75) is 145 Å². The van der Waals surface area contributed by atoms with E-state index in [1.807, 2.05) is 0 Å². The van der Waals surface area contributed by atoms with Gasteiger partial charge in [-0.05, 0) is 127 Å². The van der Waals surface area contributed by atoms with Crippen molar-refractivity contribution in [2.24, 2.45) is 62.6 Å². The Hall–Kier alpha value is 0. The lowest BCUT2D eigenvalue weighted by atomic mass is 9.32. The predicted octanol–water partition coefficient (Wildman–Crippen LogP) is 10.3. The molecule has 0 amide bonds. The number of rotatable bonds is 4.